The Morgan fingerprint density at radius 3 is 3.00 bits per heavy atom. The maximum atomic E-state index is 12.4. The summed E-state index contributed by atoms with van der Waals surface area (Å²) in [5, 5.41) is 0. The van der Waals surface area contributed by atoms with Crippen LogP contribution in [0.2, 0.25) is 0 Å². The molecule has 18 heavy (non-hydrogen) atoms. The van der Waals surface area contributed by atoms with E-state index >= 15 is 0 Å². The zero-order chi connectivity index (χ0) is 13.1. The van der Waals surface area contributed by atoms with Gasteiger partial charge in [-0.25, -0.2) is 0 Å². The Morgan fingerprint density at radius 1 is 1.56 bits per heavy atom. The molecule has 1 amide bonds. The lowest BCUT2D eigenvalue weighted by Gasteiger charge is -2.39. The molecule has 1 aromatic heterocycles. The first kappa shape index (κ1) is 12.8. The molecule has 1 aliphatic rings. The Balaban J connectivity index is 2.13. The molecular weight excluding hydrogens is 228 g/mol. The number of nitrogen functional groups attached to an aromatic ring is 1. The van der Waals surface area contributed by atoms with Crippen molar-refractivity contribution in [3.05, 3.63) is 24.0 Å². The van der Waals surface area contributed by atoms with Crippen LogP contribution in [0, 0.1) is 0 Å². The van der Waals surface area contributed by atoms with Gasteiger partial charge in [0.1, 0.15) is 0 Å². The first-order chi connectivity index (χ1) is 8.63. The molecule has 1 atom stereocenters. The third-order valence-corrected chi connectivity index (χ3v) is 3.62. The quantitative estimate of drug-likeness (QED) is 0.842. The number of pyridine rings is 1. The van der Waals surface area contributed by atoms with E-state index in [-0.39, 0.29) is 5.91 Å². The molecule has 1 aliphatic heterocycles. The predicted molar refractivity (Wildman–Crippen MR) is 71.3 cm³/mol. The lowest BCUT2D eigenvalue weighted by atomic mass is 10.1. The molecule has 0 radical (unpaired) electrons. The summed E-state index contributed by atoms with van der Waals surface area (Å²) in [5.41, 5.74) is 6.84. The molecule has 5 nitrogen and oxygen atoms in total. The van der Waals surface area contributed by atoms with Crippen LogP contribution in [0.1, 0.15) is 23.7 Å². The van der Waals surface area contributed by atoms with E-state index in [2.05, 4.69) is 23.9 Å². The van der Waals surface area contributed by atoms with E-state index in [0.717, 1.165) is 26.1 Å². The molecule has 1 aromatic rings. The fourth-order valence-electron chi connectivity index (χ4n) is 2.33. The molecule has 1 fully saturated rings. The monoisotopic (exact) mass is 248 g/mol. The minimum atomic E-state index is -0.00727. The zero-order valence-electron chi connectivity index (χ0n) is 11.0. The predicted octanol–water partition coefficient (Wildman–Crippen LogP) is 0.830. The summed E-state index contributed by atoms with van der Waals surface area (Å²) < 4.78 is 0. The second kappa shape index (κ2) is 5.35. The molecule has 0 aliphatic carbocycles. The fraction of sp³-hybridized carbons (Fsp3) is 0.538. The Hall–Kier alpha value is -1.62. The molecule has 2 N–H and O–H groups in total. The maximum absolute atomic E-state index is 12.4. The van der Waals surface area contributed by atoms with Gasteiger partial charge in [-0.05, 0) is 19.5 Å². The molecule has 0 spiro atoms. The second-order valence-corrected chi connectivity index (χ2v) is 4.76. The van der Waals surface area contributed by atoms with Gasteiger partial charge in [0.2, 0.25) is 0 Å². The van der Waals surface area contributed by atoms with E-state index in [1.165, 1.54) is 0 Å². The average molecular weight is 248 g/mol. The van der Waals surface area contributed by atoms with Gasteiger partial charge < -0.3 is 10.6 Å². The van der Waals surface area contributed by atoms with Crippen LogP contribution in [0.25, 0.3) is 0 Å². The SMILES string of the molecule is CCC1CN(C(=O)c2cnccc2N)CCN1C. The highest BCUT2D eigenvalue weighted by atomic mass is 16.2. The van der Waals surface area contributed by atoms with Crippen LogP contribution in [0.5, 0.6) is 0 Å². The minimum absolute atomic E-state index is 0.00727. The Labute approximate surface area is 108 Å². The van der Waals surface area contributed by atoms with Gasteiger partial charge in [0.05, 0.1) is 5.56 Å². The van der Waals surface area contributed by atoms with Crippen molar-refractivity contribution >= 4 is 11.6 Å². The van der Waals surface area contributed by atoms with Crippen molar-refractivity contribution in [3.8, 4) is 0 Å². The van der Waals surface area contributed by atoms with Crippen molar-refractivity contribution in [3.63, 3.8) is 0 Å². The van der Waals surface area contributed by atoms with Gasteiger partial charge in [0, 0.05) is 43.8 Å². The van der Waals surface area contributed by atoms with Gasteiger partial charge in [-0.3, -0.25) is 14.7 Å². The van der Waals surface area contributed by atoms with Crippen LogP contribution in [-0.4, -0.2) is 53.4 Å². The van der Waals surface area contributed by atoms with Crippen LogP contribution in [0.3, 0.4) is 0 Å². The van der Waals surface area contributed by atoms with Crippen molar-refractivity contribution in [1.29, 1.82) is 0 Å². The van der Waals surface area contributed by atoms with Crippen LogP contribution < -0.4 is 5.73 Å². The number of carbonyl (C=O) groups is 1. The molecule has 0 bridgehead atoms. The van der Waals surface area contributed by atoms with Crippen molar-refractivity contribution in [1.82, 2.24) is 14.8 Å². The summed E-state index contributed by atoms with van der Waals surface area (Å²) in [6.45, 7) is 4.57. The molecule has 1 unspecified atom stereocenters. The molecule has 1 saturated heterocycles. The number of rotatable bonds is 2. The first-order valence-corrected chi connectivity index (χ1v) is 6.32. The Bertz CT molecular complexity index is 435. The van der Waals surface area contributed by atoms with E-state index in [1.54, 1.807) is 18.5 Å². The third-order valence-electron chi connectivity index (χ3n) is 3.62. The number of hydrogen-bond acceptors (Lipinski definition) is 4. The van der Waals surface area contributed by atoms with E-state index < -0.39 is 0 Å². The highest BCUT2D eigenvalue weighted by Gasteiger charge is 2.27. The lowest BCUT2D eigenvalue weighted by molar-refractivity contribution is 0.0542. The van der Waals surface area contributed by atoms with Crippen LogP contribution in [0.4, 0.5) is 5.69 Å². The highest BCUT2D eigenvalue weighted by molar-refractivity contribution is 5.98. The lowest BCUT2D eigenvalue weighted by Crippen LogP contribution is -2.53. The number of amides is 1. The Kier molecular flexibility index (Phi) is 3.81. The van der Waals surface area contributed by atoms with E-state index in [9.17, 15) is 4.79 Å². The topological polar surface area (TPSA) is 62.5 Å². The zero-order valence-corrected chi connectivity index (χ0v) is 11.0. The van der Waals surface area contributed by atoms with Crippen molar-refractivity contribution in [2.45, 2.75) is 19.4 Å². The van der Waals surface area contributed by atoms with Crippen LogP contribution >= 0.6 is 0 Å². The molecule has 98 valence electrons. The Morgan fingerprint density at radius 2 is 2.33 bits per heavy atom. The molecule has 0 saturated carbocycles. The number of carbonyl (C=O) groups excluding carboxylic acids is 1. The van der Waals surface area contributed by atoms with Gasteiger partial charge in [-0.15, -0.1) is 0 Å². The fourth-order valence-corrected chi connectivity index (χ4v) is 2.33. The number of piperazine rings is 1. The molecule has 2 rings (SSSR count). The summed E-state index contributed by atoms with van der Waals surface area (Å²) >= 11 is 0. The summed E-state index contributed by atoms with van der Waals surface area (Å²) in [6, 6.07) is 2.10. The van der Waals surface area contributed by atoms with E-state index in [4.69, 9.17) is 5.73 Å². The molecule has 5 heteroatoms. The van der Waals surface area contributed by atoms with Gasteiger partial charge in [-0.1, -0.05) is 6.92 Å². The summed E-state index contributed by atoms with van der Waals surface area (Å²) in [6.07, 6.45) is 4.20. The number of hydrogen-bond donors (Lipinski definition) is 1. The number of aromatic nitrogens is 1. The van der Waals surface area contributed by atoms with Crippen LogP contribution in [-0.2, 0) is 0 Å². The van der Waals surface area contributed by atoms with E-state index in [1.807, 2.05) is 4.90 Å². The van der Waals surface area contributed by atoms with E-state index in [0.29, 0.717) is 17.3 Å². The summed E-state index contributed by atoms with van der Waals surface area (Å²) in [7, 11) is 2.11. The standard InChI is InChI=1S/C13H20N4O/c1-3-10-9-17(7-6-16(10)2)13(18)11-8-15-5-4-12(11)14/h4-5,8,10H,3,6-7,9H2,1-2H3,(H2,14,15). The normalized spacial score (nSPS) is 21.0. The third kappa shape index (κ3) is 2.46. The highest BCUT2D eigenvalue weighted by Crippen LogP contribution is 2.16. The largest absolute Gasteiger partial charge is 0.398 e. The summed E-state index contributed by atoms with van der Waals surface area (Å²) in [5.74, 6) is -0.00727. The molecular formula is C13H20N4O. The second-order valence-electron chi connectivity index (χ2n) is 4.76. The number of nitrogens with zero attached hydrogens (tertiary/aromatic N) is 3. The average Bonchev–Trinajstić information content (AvgIpc) is 2.39. The number of anilines is 1. The van der Waals surface area contributed by atoms with Gasteiger partial charge in [-0.2, -0.15) is 0 Å². The van der Waals surface area contributed by atoms with Crippen molar-refractivity contribution in [2.75, 3.05) is 32.4 Å². The minimum Gasteiger partial charge on any atom is -0.398 e. The van der Waals surface area contributed by atoms with Gasteiger partial charge >= 0.3 is 0 Å². The summed E-state index contributed by atoms with van der Waals surface area (Å²) in [4.78, 5) is 20.5. The first-order valence-electron chi connectivity index (χ1n) is 6.32. The number of likely N-dealkylation sites (N-methyl/N-ethyl adjacent to an activating group) is 1. The number of nitrogens with two attached hydrogens (primary N) is 1. The maximum Gasteiger partial charge on any atom is 0.257 e. The smallest absolute Gasteiger partial charge is 0.257 e. The molecule has 2 heterocycles. The van der Waals surface area contributed by atoms with Crippen LogP contribution in [0.15, 0.2) is 18.5 Å². The molecule has 0 aromatic carbocycles. The van der Waals surface area contributed by atoms with Crippen molar-refractivity contribution < 1.29 is 4.79 Å². The van der Waals surface area contributed by atoms with Gasteiger partial charge in [0.15, 0.2) is 0 Å². The van der Waals surface area contributed by atoms with Crippen molar-refractivity contribution in [2.24, 2.45) is 0 Å². The van der Waals surface area contributed by atoms with Gasteiger partial charge in [0.25, 0.3) is 5.91 Å².